The van der Waals surface area contributed by atoms with Crippen LogP contribution in [0.1, 0.15) is 22.6 Å². The van der Waals surface area contributed by atoms with Crippen LogP contribution in [0.2, 0.25) is 0 Å². The Morgan fingerprint density at radius 1 is 1.32 bits per heavy atom. The third kappa shape index (κ3) is 3.12. The van der Waals surface area contributed by atoms with Gasteiger partial charge in [0.2, 0.25) is 0 Å². The van der Waals surface area contributed by atoms with Crippen molar-refractivity contribution >= 4 is 27.3 Å². The number of amides is 1. The predicted molar refractivity (Wildman–Crippen MR) is 96.0 cm³/mol. The molecule has 1 atom stereocenters. The maximum absolute atomic E-state index is 13.2. The molecule has 3 aromatic rings. The number of nitrogens with one attached hydrogen (secondary N) is 1. The predicted octanol–water partition coefficient (Wildman–Crippen LogP) is 2.75. The van der Waals surface area contributed by atoms with Gasteiger partial charge in [-0.05, 0) is 55.6 Å². The zero-order chi connectivity index (χ0) is 17.4. The number of primary amides is 1. The second kappa shape index (κ2) is 6.50. The Balaban J connectivity index is 1.82. The van der Waals surface area contributed by atoms with E-state index in [9.17, 15) is 9.18 Å². The molecule has 0 aliphatic carbocycles. The molecule has 0 saturated carbocycles. The molecule has 0 bridgehead atoms. The molecule has 7 heteroatoms. The van der Waals surface area contributed by atoms with Crippen LogP contribution in [0.3, 0.4) is 0 Å². The molecule has 4 rings (SSSR count). The van der Waals surface area contributed by atoms with Gasteiger partial charge in [0.1, 0.15) is 5.82 Å². The molecule has 5 nitrogen and oxygen atoms in total. The Kier molecular flexibility index (Phi) is 4.19. The average Bonchev–Trinajstić information content (AvgIpc) is 3.25. The van der Waals surface area contributed by atoms with E-state index in [2.05, 4.69) is 15.5 Å². The molecule has 25 heavy (non-hydrogen) atoms. The lowest BCUT2D eigenvalue weighted by Crippen LogP contribution is -2.16. The standard InChI is InChI=1S/C18H17FN4OS/c19-12-3-1-11(2-4-12)15-8-13-14(7-10-5-6-21-9-10)22-23-16(18(20)24)17(13)25-15/h1-4,8,10,21H,5-7,9H2,(H2,20,24). The second-order valence-electron chi connectivity index (χ2n) is 6.28. The van der Waals surface area contributed by atoms with Crippen LogP contribution in [-0.4, -0.2) is 29.2 Å². The molecule has 1 amide bonds. The van der Waals surface area contributed by atoms with Crippen molar-refractivity contribution in [3.8, 4) is 10.4 Å². The lowest BCUT2D eigenvalue weighted by molar-refractivity contribution is 0.0996. The van der Waals surface area contributed by atoms with Gasteiger partial charge in [-0.2, -0.15) is 5.10 Å². The molecule has 3 N–H and O–H groups in total. The summed E-state index contributed by atoms with van der Waals surface area (Å²) in [5, 5.41) is 12.6. The first-order valence-electron chi connectivity index (χ1n) is 8.17. The van der Waals surface area contributed by atoms with Gasteiger partial charge in [0.05, 0.1) is 10.4 Å². The highest BCUT2D eigenvalue weighted by atomic mass is 32.1. The third-order valence-electron chi connectivity index (χ3n) is 4.54. The number of nitrogens with zero attached hydrogens (tertiary/aromatic N) is 2. The summed E-state index contributed by atoms with van der Waals surface area (Å²) in [6, 6.07) is 8.32. The van der Waals surface area contributed by atoms with E-state index in [1.54, 1.807) is 12.1 Å². The highest BCUT2D eigenvalue weighted by molar-refractivity contribution is 7.22. The Labute approximate surface area is 148 Å². The zero-order valence-corrected chi connectivity index (χ0v) is 14.3. The summed E-state index contributed by atoms with van der Waals surface area (Å²) in [5.74, 6) is -0.342. The fourth-order valence-electron chi connectivity index (χ4n) is 3.22. The van der Waals surface area contributed by atoms with Crippen molar-refractivity contribution in [2.24, 2.45) is 11.7 Å². The van der Waals surface area contributed by atoms with Crippen LogP contribution in [0.4, 0.5) is 4.39 Å². The van der Waals surface area contributed by atoms with Crippen molar-refractivity contribution in [1.82, 2.24) is 15.5 Å². The first-order valence-corrected chi connectivity index (χ1v) is 8.99. The van der Waals surface area contributed by atoms with E-state index in [1.807, 2.05) is 6.07 Å². The fraction of sp³-hybridized carbons (Fsp3) is 0.278. The molecule has 1 aromatic carbocycles. The molecule has 3 heterocycles. The summed E-state index contributed by atoms with van der Waals surface area (Å²) in [6.07, 6.45) is 1.92. The van der Waals surface area contributed by atoms with E-state index in [1.165, 1.54) is 23.5 Å². The van der Waals surface area contributed by atoms with E-state index in [0.717, 1.165) is 52.2 Å². The van der Waals surface area contributed by atoms with Crippen LogP contribution in [0.15, 0.2) is 30.3 Å². The van der Waals surface area contributed by atoms with Crippen LogP contribution in [-0.2, 0) is 6.42 Å². The molecule has 1 aliphatic rings. The lowest BCUT2D eigenvalue weighted by Gasteiger charge is -2.08. The Bertz CT molecular complexity index is 932. The number of hydrogen-bond donors (Lipinski definition) is 2. The zero-order valence-electron chi connectivity index (χ0n) is 13.5. The molecule has 1 unspecified atom stereocenters. The second-order valence-corrected chi connectivity index (χ2v) is 7.34. The molecular formula is C18H17FN4OS. The minimum Gasteiger partial charge on any atom is -0.364 e. The van der Waals surface area contributed by atoms with Gasteiger partial charge in [-0.1, -0.05) is 12.1 Å². The molecule has 1 saturated heterocycles. The topological polar surface area (TPSA) is 80.9 Å². The summed E-state index contributed by atoms with van der Waals surface area (Å²) in [4.78, 5) is 12.7. The number of rotatable bonds is 4. The van der Waals surface area contributed by atoms with Gasteiger partial charge >= 0.3 is 0 Å². The van der Waals surface area contributed by atoms with Crippen molar-refractivity contribution in [1.29, 1.82) is 0 Å². The number of thiophene rings is 1. The van der Waals surface area contributed by atoms with Gasteiger partial charge in [-0.3, -0.25) is 4.79 Å². The van der Waals surface area contributed by atoms with Crippen molar-refractivity contribution in [2.45, 2.75) is 12.8 Å². The number of carbonyl (C=O) groups is 1. The van der Waals surface area contributed by atoms with Gasteiger partial charge in [0, 0.05) is 10.3 Å². The van der Waals surface area contributed by atoms with Crippen LogP contribution < -0.4 is 11.1 Å². The number of fused-ring (bicyclic) bond motifs is 1. The first-order chi connectivity index (χ1) is 12.1. The minimum absolute atomic E-state index is 0.196. The fourth-order valence-corrected chi connectivity index (χ4v) is 4.40. The van der Waals surface area contributed by atoms with Crippen molar-refractivity contribution in [3.05, 3.63) is 47.5 Å². The number of halogens is 1. The molecular weight excluding hydrogens is 339 g/mol. The monoisotopic (exact) mass is 356 g/mol. The van der Waals surface area contributed by atoms with Crippen molar-refractivity contribution < 1.29 is 9.18 Å². The summed E-state index contributed by atoms with van der Waals surface area (Å²) >= 11 is 1.44. The smallest absolute Gasteiger partial charge is 0.270 e. The number of benzene rings is 1. The van der Waals surface area contributed by atoms with E-state index < -0.39 is 5.91 Å². The van der Waals surface area contributed by atoms with Crippen LogP contribution in [0, 0.1) is 11.7 Å². The summed E-state index contributed by atoms with van der Waals surface area (Å²) < 4.78 is 13.9. The first kappa shape index (κ1) is 16.1. The molecule has 128 valence electrons. The van der Waals surface area contributed by atoms with Crippen molar-refractivity contribution in [2.75, 3.05) is 13.1 Å². The number of aromatic nitrogens is 2. The van der Waals surface area contributed by atoms with Gasteiger partial charge in [0.25, 0.3) is 5.91 Å². The Morgan fingerprint density at radius 3 is 2.80 bits per heavy atom. The van der Waals surface area contributed by atoms with Crippen LogP contribution in [0.5, 0.6) is 0 Å². The quantitative estimate of drug-likeness (QED) is 0.753. The molecule has 0 radical (unpaired) electrons. The van der Waals surface area contributed by atoms with Crippen molar-refractivity contribution in [3.63, 3.8) is 0 Å². The minimum atomic E-state index is -0.584. The van der Waals surface area contributed by atoms with Crippen LogP contribution in [0.25, 0.3) is 20.5 Å². The van der Waals surface area contributed by atoms with Gasteiger partial charge in [-0.25, -0.2) is 4.39 Å². The molecule has 2 aromatic heterocycles. The van der Waals surface area contributed by atoms with Crippen LogP contribution >= 0.6 is 11.3 Å². The van der Waals surface area contributed by atoms with E-state index in [-0.39, 0.29) is 11.5 Å². The lowest BCUT2D eigenvalue weighted by atomic mass is 10.00. The number of hydrogen-bond acceptors (Lipinski definition) is 5. The summed E-state index contributed by atoms with van der Waals surface area (Å²) in [7, 11) is 0. The van der Waals surface area contributed by atoms with Gasteiger partial charge in [-0.15, -0.1) is 16.4 Å². The maximum Gasteiger partial charge on any atom is 0.270 e. The Morgan fingerprint density at radius 2 is 2.12 bits per heavy atom. The normalized spacial score (nSPS) is 17.2. The van der Waals surface area contributed by atoms with E-state index >= 15 is 0 Å². The summed E-state index contributed by atoms with van der Waals surface area (Å²) in [5.41, 5.74) is 7.45. The third-order valence-corrected chi connectivity index (χ3v) is 5.73. The average molecular weight is 356 g/mol. The van der Waals surface area contributed by atoms with Gasteiger partial charge < -0.3 is 11.1 Å². The largest absolute Gasteiger partial charge is 0.364 e. The highest BCUT2D eigenvalue weighted by Gasteiger charge is 2.21. The molecule has 1 fully saturated rings. The van der Waals surface area contributed by atoms with Gasteiger partial charge in [0.15, 0.2) is 5.69 Å². The Hall–Kier alpha value is -2.38. The number of nitrogens with two attached hydrogens (primary N) is 1. The molecule has 0 spiro atoms. The number of carbonyl (C=O) groups excluding carboxylic acids is 1. The highest BCUT2D eigenvalue weighted by Crippen LogP contribution is 2.36. The SMILES string of the molecule is NC(=O)c1nnc(CC2CCNC2)c2cc(-c3ccc(F)cc3)sc12. The maximum atomic E-state index is 13.2. The summed E-state index contributed by atoms with van der Waals surface area (Å²) in [6.45, 7) is 1.99. The van der Waals surface area contributed by atoms with E-state index in [4.69, 9.17) is 5.73 Å². The molecule has 1 aliphatic heterocycles. The van der Waals surface area contributed by atoms with E-state index in [0.29, 0.717) is 5.92 Å².